The van der Waals surface area contributed by atoms with Crippen molar-refractivity contribution in [3.05, 3.63) is 71.9 Å². The van der Waals surface area contributed by atoms with Crippen LogP contribution in [0.1, 0.15) is 15.9 Å². The van der Waals surface area contributed by atoms with Gasteiger partial charge in [-0.1, -0.05) is 36.4 Å². The third kappa shape index (κ3) is 2.69. The van der Waals surface area contributed by atoms with Gasteiger partial charge in [0, 0.05) is 11.6 Å². The molecule has 2 aromatic carbocycles. The summed E-state index contributed by atoms with van der Waals surface area (Å²) in [6.07, 6.45) is 1.63. The first-order chi connectivity index (χ1) is 10.3. The highest BCUT2D eigenvalue weighted by atomic mass is 16.5. The molecular weight excluding hydrogens is 266 g/mol. The second-order valence-electron chi connectivity index (χ2n) is 4.59. The molecule has 0 aliphatic carbocycles. The van der Waals surface area contributed by atoms with Crippen molar-refractivity contribution in [1.29, 1.82) is 0 Å². The van der Waals surface area contributed by atoms with Crippen LogP contribution in [0.5, 0.6) is 5.75 Å². The minimum absolute atomic E-state index is 0.227. The van der Waals surface area contributed by atoms with Crippen molar-refractivity contribution in [2.24, 2.45) is 0 Å². The molecule has 3 rings (SSSR count). The zero-order valence-corrected chi connectivity index (χ0v) is 11.2. The summed E-state index contributed by atoms with van der Waals surface area (Å²) >= 11 is 0. The van der Waals surface area contributed by atoms with Crippen molar-refractivity contribution in [1.82, 2.24) is 4.98 Å². The van der Waals surface area contributed by atoms with E-state index in [2.05, 4.69) is 4.98 Å². The molecule has 0 fully saturated rings. The molecule has 4 nitrogen and oxygen atoms in total. The van der Waals surface area contributed by atoms with Gasteiger partial charge in [-0.25, -0.2) is 4.79 Å². The number of nitrogens with zero attached hydrogens (tertiary/aromatic N) is 1. The molecule has 0 aliphatic rings. The van der Waals surface area contributed by atoms with E-state index in [1.54, 1.807) is 30.5 Å². The Morgan fingerprint density at radius 2 is 1.86 bits per heavy atom. The fraction of sp³-hybridized carbons (Fsp3) is 0.0588. The van der Waals surface area contributed by atoms with E-state index in [0.29, 0.717) is 23.3 Å². The summed E-state index contributed by atoms with van der Waals surface area (Å²) in [6.45, 7) is 0.416. The Hall–Kier alpha value is -2.88. The number of pyridine rings is 1. The average Bonchev–Trinajstić information content (AvgIpc) is 2.53. The number of ether oxygens (including phenoxy) is 1. The Bertz CT molecular complexity index is 784. The third-order valence-corrected chi connectivity index (χ3v) is 3.20. The van der Waals surface area contributed by atoms with Crippen LogP contribution in [-0.2, 0) is 6.61 Å². The Morgan fingerprint density at radius 1 is 1.05 bits per heavy atom. The van der Waals surface area contributed by atoms with E-state index in [1.165, 1.54) is 0 Å². The van der Waals surface area contributed by atoms with Crippen molar-refractivity contribution >= 4 is 16.9 Å². The Balaban J connectivity index is 1.96. The van der Waals surface area contributed by atoms with Crippen LogP contribution in [-0.4, -0.2) is 16.1 Å². The van der Waals surface area contributed by atoms with Crippen molar-refractivity contribution in [3.8, 4) is 5.75 Å². The Labute approximate surface area is 121 Å². The first-order valence-electron chi connectivity index (χ1n) is 6.53. The van der Waals surface area contributed by atoms with Gasteiger partial charge in [0.2, 0.25) is 0 Å². The lowest BCUT2D eigenvalue weighted by atomic mass is 10.1. The topological polar surface area (TPSA) is 59.4 Å². The summed E-state index contributed by atoms with van der Waals surface area (Å²) in [5.74, 6) is -0.387. The number of carboxylic acids is 1. The zero-order chi connectivity index (χ0) is 14.7. The molecule has 0 atom stereocenters. The molecule has 0 amide bonds. The average molecular weight is 279 g/mol. The Kier molecular flexibility index (Phi) is 3.51. The van der Waals surface area contributed by atoms with E-state index in [4.69, 9.17) is 4.74 Å². The molecule has 1 aromatic heterocycles. The van der Waals surface area contributed by atoms with Gasteiger partial charge in [-0.05, 0) is 23.8 Å². The molecule has 0 radical (unpaired) electrons. The molecule has 1 heterocycles. The van der Waals surface area contributed by atoms with Gasteiger partial charge in [-0.3, -0.25) is 4.98 Å². The van der Waals surface area contributed by atoms with Gasteiger partial charge in [0.15, 0.2) is 0 Å². The smallest absolute Gasteiger partial charge is 0.336 e. The predicted octanol–water partition coefficient (Wildman–Crippen LogP) is 3.51. The quantitative estimate of drug-likeness (QED) is 0.794. The summed E-state index contributed by atoms with van der Waals surface area (Å²) in [5, 5.41) is 9.79. The van der Waals surface area contributed by atoms with Crippen molar-refractivity contribution in [2.45, 2.75) is 6.61 Å². The SMILES string of the molecule is O=C(O)c1ccc(OCc2ccccc2)c2ncccc12. The van der Waals surface area contributed by atoms with Crippen molar-refractivity contribution < 1.29 is 14.6 Å². The van der Waals surface area contributed by atoms with E-state index >= 15 is 0 Å². The summed E-state index contributed by atoms with van der Waals surface area (Å²) < 4.78 is 5.78. The molecular formula is C17H13NO3. The number of hydrogen-bond donors (Lipinski definition) is 1. The standard InChI is InChI=1S/C17H13NO3/c19-17(20)14-8-9-15(16-13(14)7-4-10-18-16)21-11-12-5-2-1-3-6-12/h1-10H,11H2,(H,19,20). The third-order valence-electron chi connectivity index (χ3n) is 3.20. The van der Waals surface area contributed by atoms with E-state index in [-0.39, 0.29) is 5.56 Å². The minimum Gasteiger partial charge on any atom is -0.487 e. The number of carboxylic acid groups (broad SMARTS) is 1. The van der Waals surface area contributed by atoms with Crippen LogP contribution in [0.25, 0.3) is 10.9 Å². The van der Waals surface area contributed by atoms with Crippen LogP contribution >= 0.6 is 0 Å². The number of aromatic nitrogens is 1. The normalized spacial score (nSPS) is 10.5. The molecule has 0 unspecified atom stereocenters. The van der Waals surface area contributed by atoms with E-state index < -0.39 is 5.97 Å². The first-order valence-corrected chi connectivity index (χ1v) is 6.53. The highest BCUT2D eigenvalue weighted by Crippen LogP contribution is 2.27. The van der Waals surface area contributed by atoms with Gasteiger partial charge in [0.1, 0.15) is 17.9 Å². The number of rotatable bonds is 4. The van der Waals surface area contributed by atoms with E-state index in [1.807, 2.05) is 30.3 Å². The highest BCUT2D eigenvalue weighted by molar-refractivity contribution is 6.04. The molecule has 4 heteroatoms. The first kappa shape index (κ1) is 13.1. The summed E-state index contributed by atoms with van der Waals surface area (Å²) in [6, 6.07) is 16.4. The van der Waals surface area contributed by atoms with Crippen LogP contribution < -0.4 is 4.74 Å². The van der Waals surface area contributed by atoms with Crippen LogP contribution in [0.3, 0.4) is 0 Å². The number of benzene rings is 2. The summed E-state index contributed by atoms with van der Waals surface area (Å²) in [4.78, 5) is 15.5. The lowest BCUT2D eigenvalue weighted by Crippen LogP contribution is -2.01. The van der Waals surface area contributed by atoms with Crippen molar-refractivity contribution in [3.63, 3.8) is 0 Å². The fourth-order valence-electron chi connectivity index (χ4n) is 2.19. The predicted molar refractivity (Wildman–Crippen MR) is 79.5 cm³/mol. The van der Waals surface area contributed by atoms with Crippen LogP contribution in [0.2, 0.25) is 0 Å². The van der Waals surface area contributed by atoms with Crippen LogP contribution in [0.15, 0.2) is 60.8 Å². The molecule has 1 N–H and O–H groups in total. The maximum Gasteiger partial charge on any atom is 0.336 e. The van der Waals surface area contributed by atoms with Crippen molar-refractivity contribution in [2.75, 3.05) is 0 Å². The largest absolute Gasteiger partial charge is 0.487 e. The number of aromatic carboxylic acids is 1. The molecule has 0 saturated carbocycles. The lowest BCUT2D eigenvalue weighted by Gasteiger charge is -2.10. The molecule has 104 valence electrons. The van der Waals surface area contributed by atoms with Crippen LogP contribution in [0.4, 0.5) is 0 Å². The molecule has 0 saturated heterocycles. The lowest BCUT2D eigenvalue weighted by molar-refractivity contribution is 0.0699. The molecule has 21 heavy (non-hydrogen) atoms. The second-order valence-corrected chi connectivity index (χ2v) is 4.59. The van der Waals surface area contributed by atoms with E-state index in [9.17, 15) is 9.90 Å². The van der Waals surface area contributed by atoms with Gasteiger partial charge in [-0.2, -0.15) is 0 Å². The minimum atomic E-state index is -0.970. The number of fused-ring (bicyclic) bond motifs is 1. The fourth-order valence-corrected chi connectivity index (χ4v) is 2.19. The number of hydrogen-bond acceptors (Lipinski definition) is 3. The maximum atomic E-state index is 11.2. The summed E-state index contributed by atoms with van der Waals surface area (Å²) in [5.41, 5.74) is 1.84. The zero-order valence-electron chi connectivity index (χ0n) is 11.2. The Morgan fingerprint density at radius 3 is 2.62 bits per heavy atom. The summed E-state index contributed by atoms with van der Waals surface area (Å²) in [7, 11) is 0. The highest BCUT2D eigenvalue weighted by Gasteiger charge is 2.12. The second kappa shape index (κ2) is 5.63. The van der Waals surface area contributed by atoms with Crippen LogP contribution in [0, 0.1) is 0 Å². The molecule has 3 aromatic rings. The maximum absolute atomic E-state index is 11.2. The van der Waals surface area contributed by atoms with Gasteiger partial charge in [0.25, 0.3) is 0 Å². The number of carbonyl (C=O) groups is 1. The van der Waals surface area contributed by atoms with Gasteiger partial charge in [-0.15, -0.1) is 0 Å². The van der Waals surface area contributed by atoms with E-state index in [0.717, 1.165) is 5.56 Å². The molecule has 0 aliphatic heterocycles. The van der Waals surface area contributed by atoms with Gasteiger partial charge >= 0.3 is 5.97 Å². The van der Waals surface area contributed by atoms with Gasteiger partial charge < -0.3 is 9.84 Å². The molecule has 0 spiro atoms. The monoisotopic (exact) mass is 279 g/mol. The van der Waals surface area contributed by atoms with Gasteiger partial charge in [0.05, 0.1) is 5.56 Å². The molecule has 0 bridgehead atoms.